The van der Waals surface area contributed by atoms with Crippen molar-refractivity contribution in [3.05, 3.63) is 0 Å². The molecule has 2 N–H and O–H groups in total. The maximum absolute atomic E-state index is 9.60. The van der Waals surface area contributed by atoms with Crippen molar-refractivity contribution < 1.29 is 57.0 Å². The standard InChI is InChI=1S/C4H8O2.Na.H2O4S/c1-2-3-4(5)6;;1-5(2,3)4/h2-3H2,1H3,(H,5,6);;(H2,1,2,3,4)/q;+1;/p-1. The normalized spacial score (nSPS) is 8.92. The van der Waals surface area contributed by atoms with Crippen LogP contribution in [0.5, 0.6) is 0 Å². The molecule has 0 atom stereocenters. The first-order valence-corrected chi connectivity index (χ1v) is 4.04. The number of hydrogen-bond acceptors (Lipinski definition) is 4. The summed E-state index contributed by atoms with van der Waals surface area (Å²) in [5, 5.41) is 7.91. The maximum atomic E-state index is 9.60. The van der Waals surface area contributed by atoms with E-state index >= 15 is 0 Å². The van der Waals surface area contributed by atoms with E-state index in [4.69, 9.17) is 22.6 Å². The molecule has 0 aliphatic rings. The van der Waals surface area contributed by atoms with Gasteiger partial charge in [-0.1, -0.05) is 6.92 Å². The van der Waals surface area contributed by atoms with Crippen molar-refractivity contribution in [3.8, 4) is 0 Å². The molecule has 0 bridgehead atoms. The summed E-state index contributed by atoms with van der Waals surface area (Å²) in [4.78, 5) is 9.60. The maximum Gasteiger partial charge on any atom is 1.00 e. The van der Waals surface area contributed by atoms with Crippen LogP contribution in [0.25, 0.3) is 0 Å². The van der Waals surface area contributed by atoms with Crippen LogP contribution in [-0.4, -0.2) is 28.6 Å². The minimum atomic E-state index is -4.92. The quantitative estimate of drug-likeness (QED) is 0.282. The van der Waals surface area contributed by atoms with Gasteiger partial charge in [-0.3, -0.25) is 9.35 Å². The smallest absolute Gasteiger partial charge is 0.726 e. The van der Waals surface area contributed by atoms with Gasteiger partial charge in [-0.25, -0.2) is 8.42 Å². The van der Waals surface area contributed by atoms with E-state index in [0.29, 0.717) is 6.42 Å². The van der Waals surface area contributed by atoms with E-state index in [1.54, 1.807) is 0 Å². The molecule has 0 saturated carbocycles. The van der Waals surface area contributed by atoms with Crippen LogP contribution in [0.1, 0.15) is 19.8 Å². The predicted molar refractivity (Wildman–Crippen MR) is 34.9 cm³/mol. The molecule has 0 radical (unpaired) electrons. The number of rotatable bonds is 2. The second-order valence-corrected chi connectivity index (χ2v) is 2.43. The summed E-state index contributed by atoms with van der Waals surface area (Å²) in [6.45, 7) is 1.84. The number of carbonyl (C=O) groups is 1. The summed E-state index contributed by atoms with van der Waals surface area (Å²) in [5.41, 5.74) is 0. The van der Waals surface area contributed by atoms with Crippen molar-refractivity contribution in [2.75, 3.05) is 0 Å². The third-order valence-corrected chi connectivity index (χ3v) is 0.464. The molecule has 68 valence electrons. The summed E-state index contributed by atoms with van der Waals surface area (Å²) in [5.74, 6) is -0.711. The Morgan fingerprint density at radius 2 is 1.75 bits per heavy atom. The van der Waals surface area contributed by atoms with Gasteiger partial charge in [0.05, 0.1) is 0 Å². The van der Waals surface area contributed by atoms with E-state index in [0.717, 1.165) is 6.42 Å². The van der Waals surface area contributed by atoms with Crippen molar-refractivity contribution in [1.29, 1.82) is 0 Å². The molecule has 12 heavy (non-hydrogen) atoms. The molecule has 0 heterocycles. The van der Waals surface area contributed by atoms with E-state index in [-0.39, 0.29) is 29.6 Å². The topological polar surface area (TPSA) is 115 Å². The summed E-state index contributed by atoms with van der Waals surface area (Å²) in [6, 6.07) is 0. The molecular weight excluding hydrogens is 199 g/mol. The number of carboxylic acid groups (broad SMARTS) is 1. The fourth-order valence-corrected chi connectivity index (χ4v) is 0.214. The Morgan fingerprint density at radius 1 is 1.50 bits per heavy atom. The van der Waals surface area contributed by atoms with Gasteiger partial charge in [0.2, 0.25) is 10.4 Å². The van der Waals surface area contributed by atoms with Crippen molar-refractivity contribution >= 4 is 16.4 Å². The fraction of sp³-hybridized carbons (Fsp3) is 0.750. The van der Waals surface area contributed by atoms with Crippen LogP contribution < -0.4 is 29.6 Å². The number of carboxylic acids is 1. The van der Waals surface area contributed by atoms with E-state index in [2.05, 4.69) is 0 Å². The third-order valence-electron chi connectivity index (χ3n) is 0.464. The monoisotopic (exact) mass is 208 g/mol. The van der Waals surface area contributed by atoms with Crippen molar-refractivity contribution in [3.63, 3.8) is 0 Å². The van der Waals surface area contributed by atoms with Crippen molar-refractivity contribution in [1.82, 2.24) is 0 Å². The van der Waals surface area contributed by atoms with Crippen molar-refractivity contribution in [2.24, 2.45) is 0 Å². The number of aliphatic carboxylic acids is 1. The first kappa shape index (κ1) is 18.2. The number of hydrogen-bond donors (Lipinski definition) is 2. The summed E-state index contributed by atoms with van der Waals surface area (Å²) >= 11 is 0. The minimum Gasteiger partial charge on any atom is -0.726 e. The summed E-state index contributed by atoms with van der Waals surface area (Å²) in [6.07, 6.45) is 1.02. The van der Waals surface area contributed by atoms with E-state index in [1.165, 1.54) is 0 Å². The molecular formula is C4H9NaO6S. The predicted octanol–water partition coefficient (Wildman–Crippen LogP) is -3.12. The molecule has 0 aliphatic carbocycles. The first-order valence-electron chi connectivity index (χ1n) is 2.67. The molecule has 0 fully saturated rings. The van der Waals surface area contributed by atoms with Crippen LogP contribution in [0, 0.1) is 0 Å². The van der Waals surface area contributed by atoms with Crippen LogP contribution in [0.15, 0.2) is 0 Å². The molecule has 0 aliphatic heterocycles. The van der Waals surface area contributed by atoms with Gasteiger partial charge in [0.25, 0.3) is 0 Å². The fourth-order valence-electron chi connectivity index (χ4n) is 0.214. The molecule has 0 unspecified atom stereocenters. The SMILES string of the molecule is CCCC(=O)O.O=S(=O)([O-])O.[Na+]. The van der Waals surface area contributed by atoms with Gasteiger partial charge in [0.15, 0.2) is 0 Å². The Labute approximate surface area is 92.8 Å². The largest absolute Gasteiger partial charge is 1.00 e. The molecule has 0 amide bonds. The van der Waals surface area contributed by atoms with Gasteiger partial charge < -0.3 is 9.66 Å². The first-order chi connectivity index (χ1) is 4.77. The molecule has 0 rings (SSSR count). The minimum absolute atomic E-state index is 0. The molecule has 8 heteroatoms. The van der Waals surface area contributed by atoms with Gasteiger partial charge >= 0.3 is 35.5 Å². The van der Waals surface area contributed by atoms with Gasteiger partial charge in [0.1, 0.15) is 0 Å². The van der Waals surface area contributed by atoms with Crippen LogP contribution in [0.3, 0.4) is 0 Å². The van der Waals surface area contributed by atoms with Crippen LogP contribution in [0.2, 0.25) is 0 Å². The molecule has 6 nitrogen and oxygen atoms in total. The Morgan fingerprint density at radius 3 is 1.75 bits per heavy atom. The van der Waals surface area contributed by atoms with E-state index in [1.807, 2.05) is 6.92 Å². The third kappa shape index (κ3) is 80.9. The van der Waals surface area contributed by atoms with Gasteiger partial charge in [-0.2, -0.15) is 0 Å². The van der Waals surface area contributed by atoms with Gasteiger partial charge in [0, 0.05) is 6.42 Å². The van der Waals surface area contributed by atoms with Crippen LogP contribution in [-0.2, 0) is 15.2 Å². The molecule has 0 aromatic heterocycles. The summed E-state index contributed by atoms with van der Waals surface area (Å²) in [7, 11) is -4.92. The Hall–Kier alpha value is 0.340. The van der Waals surface area contributed by atoms with Crippen LogP contribution in [0.4, 0.5) is 0 Å². The zero-order valence-electron chi connectivity index (χ0n) is 6.85. The average Bonchev–Trinajstić information content (AvgIpc) is 1.58. The second-order valence-electron chi connectivity index (χ2n) is 1.57. The van der Waals surface area contributed by atoms with Gasteiger partial charge in [-0.05, 0) is 6.42 Å². The zero-order valence-corrected chi connectivity index (χ0v) is 9.67. The van der Waals surface area contributed by atoms with E-state index < -0.39 is 16.4 Å². The Kier molecular flexibility index (Phi) is 14.3. The Bertz CT molecular complexity index is 190. The van der Waals surface area contributed by atoms with E-state index in [9.17, 15) is 4.79 Å². The molecule has 0 spiro atoms. The Balaban J connectivity index is -0.000000126. The summed E-state index contributed by atoms with van der Waals surface area (Å²) < 4.78 is 32.8. The molecule has 0 saturated heterocycles. The zero-order chi connectivity index (χ0) is 9.49. The van der Waals surface area contributed by atoms with Crippen molar-refractivity contribution in [2.45, 2.75) is 19.8 Å². The van der Waals surface area contributed by atoms with Crippen LogP contribution >= 0.6 is 0 Å². The molecule has 0 aromatic rings. The average molecular weight is 208 g/mol. The van der Waals surface area contributed by atoms with Gasteiger partial charge in [-0.15, -0.1) is 0 Å². The molecule has 0 aromatic carbocycles. The second kappa shape index (κ2) is 9.43.